The number of carbonyl (C=O) groups excluding carboxylic acids is 1. The van der Waals surface area contributed by atoms with E-state index in [1.807, 2.05) is 23.2 Å². The van der Waals surface area contributed by atoms with Gasteiger partial charge in [0.15, 0.2) is 5.65 Å². The first-order valence-corrected chi connectivity index (χ1v) is 12.3. The number of hydrogen-bond acceptors (Lipinski definition) is 7. The molecule has 9 heteroatoms. The van der Waals surface area contributed by atoms with Crippen molar-refractivity contribution < 1.29 is 9.53 Å². The molecule has 4 heterocycles. The minimum absolute atomic E-state index is 0.0631. The fourth-order valence-corrected chi connectivity index (χ4v) is 4.65. The minimum atomic E-state index is 0.0631. The Balaban J connectivity index is 1.40. The van der Waals surface area contributed by atoms with Gasteiger partial charge in [-0.1, -0.05) is 38.1 Å². The fraction of sp³-hybridized carbons (Fsp3) is 0.520. The molecule has 180 valence electrons. The van der Waals surface area contributed by atoms with Gasteiger partial charge < -0.3 is 20.3 Å². The quantitative estimate of drug-likeness (QED) is 0.530. The van der Waals surface area contributed by atoms with Crippen molar-refractivity contribution in [2.45, 2.75) is 64.6 Å². The second kappa shape index (κ2) is 9.97. The van der Waals surface area contributed by atoms with Crippen molar-refractivity contribution in [2.75, 3.05) is 25.0 Å². The van der Waals surface area contributed by atoms with Crippen molar-refractivity contribution in [2.24, 2.45) is 0 Å². The molecule has 2 saturated heterocycles. The van der Waals surface area contributed by atoms with E-state index in [2.05, 4.69) is 41.7 Å². The normalized spacial score (nSPS) is 18.7. The third-order valence-electron chi connectivity index (χ3n) is 6.61. The number of fused-ring (bicyclic) bond motifs is 1. The monoisotopic (exact) mass is 463 g/mol. The molecule has 0 bridgehead atoms. The lowest BCUT2D eigenvalue weighted by Crippen LogP contribution is -2.37. The number of nitrogens with zero attached hydrogens (tertiary/aromatic N) is 5. The maximum absolute atomic E-state index is 12.1. The number of rotatable bonds is 8. The van der Waals surface area contributed by atoms with Crippen molar-refractivity contribution in [1.82, 2.24) is 29.8 Å². The number of amides is 1. The molecule has 0 unspecified atom stereocenters. The molecule has 34 heavy (non-hydrogen) atoms. The first-order chi connectivity index (χ1) is 16.6. The van der Waals surface area contributed by atoms with Crippen molar-refractivity contribution in [3.8, 4) is 6.01 Å². The summed E-state index contributed by atoms with van der Waals surface area (Å²) in [7, 11) is 0. The second-order valence-electron chi connectivity index (χ2n) is 9.45. The van der Waals surface area contributed by atoms with Gasteiger partial charge in [-0.05, 0) is 42.9 Å². The zero-order valence-corrected chi connectivity index (χ0v) is 20.0. The topological polar surface area (TPSA) is 96.7 Å². The first kappa shape index (κ1) is 22.6. The Hall–Kier alpha value is -3.20. The zero-order valence-electron chi connectivity index (χ0n) is 20.0. The second-order valence-corrected chi connectivity index (χ2v) is 9.45. The highest BCUT2D eigenvalue weighted by Crippen LogP contribution is 2.24. The van der Waals surface area contributed by atoms with Gasteiger partial charge in [-0.2, -0.15) is 19.6 Å². The standard InChI is InChI=1S/C25H33N7O2/c1-17(2)21-15-28-32-23(21)29-25(34-20-9-5-11-26-14-20)30-24(32)27-13-18-7-3-4-8-19(18)16-31-12-6-10-22(31)33/h3-4,7-8,15,17,20,26H,5-6,9-14,16H2,1-2H3,(H,27,29,30)/t20-/m1/s1. The zero-order chi connectivity index (χ0) is 23.5. The Morgan fingerprint density at radius 3 is 2.79 bits per heavy atom. The van der Waals surface area contributed by atoms with Crippen LogP contribution in [0.2, 0.25) is 0 Å². The molecule has 0 aliphatic carbocycles. The number of hydrogen-bond donors (Lipinski definition) is 2. The van der Waals surface area contributed by atoms with Crippen LogP contribution in [-0.2, 0) is 17.9 Å². The molecule has 2 aliphatic heterocycles. The van der Waals surface area contributed by atoms with Crippen LogP contribution in [0.4, 0.5) is 5.95 Å². The molecule has 2 aromatic heterocycles. The highest BCUT2D eigenvalue weighted by Gasteiger charge is 2.22. The van der Waals surface area contributed by atoms with Gasteiger partial charge in [-0.25, -0.2) is 0 Å². The Bertz CT molecular complexity index is 1150. The van der Waals surface area contributed by atoms with Gasteiger partial charge in [0.1, 0.15) is 6.10 Å². The lowest BCUT2D eigenvalue weighted by atomic mass is 10.1. The van der Waals surface area contributed by atoms with Gasteiger partial charge in [0.25, 0.3) is 0 Å². The van der Waals surface area contributed by atoms with Gasteiger partial charge in [-0.3, -0.25) is 4.79 Å². The van der Waals surface area contributed by atoms with Crippen molar-refractivity contribution in [3.63, 3.8) is 0 Å². The van der Waals surface area contributed by atoms with Gasteiger partial charge in [0, 0.05) is 38.2 Å². The largest absolute Gasteiger partial charge is 0.459 e. The van der Waals surface area contributed by atoms with Crippen LogP contribution in [0.15, 0.2) is 30.5 Å². The van der Waals surface area contributed by atoms with Crippen LogP contribution >= 0.6 is 0 Å². The van der Waals surface area contributed by atoms with E-state index in [1.54, 1.807) is 4.52 Å². The summed E-state index contributed by atoms with van der Waals surface area (Å²) >= 11 is 0. The first-order valence-electron chi connectivity index (χ1n) is 12.3. The molecule has 0 spiro atoms. The summed E-state index contributed by atoms with van der Waals surface area (Å²) in [5.41, 5.74) is 4.10. The number of benzene rings is 1. The minimum Gasteiger partial charge on any atom is -0.459 e. The SMILES string of the molecule is CC(C)c1cnn2c(NCc3ccccc3CN3CCCC3=O)nc(O[C@@H]3CCCNC3)nc12. The maximum Gasteiger partial charge on any atom is 0.322 e. The molecule has 2 N–H and O–H groups in total. The van der Waals surface area contributed by atoms with E-state index < -0.39 is 0 Å². The predicted octanol–water partition coefficient (Wildman–Crippen LogP) is 3.11. The van der Waals surface area contributed by atoms with Crippen LogP contribution in [0, 0.1) is 0 Å². The van der Waals surface area contributed by atoms with Crippen molar-refractivity contribution >= 4 is 17.5 Å². The third-order valence-corrected chi connectivity index (χ3v) is 6.61. The van der Waals surface area contributed by atoms with E-state index in [-0.39, 0.29) is 17.9 Å². The van der Waals surface area contributed by atoms with Crippen LogP contribution < -0.4 is 15.4 Å². The molecule has 1 aromatic carbocycles. The lowest BCUT2D eigenvalue weighted by Gasteiger charge is -2.23. The molecular weight excluding hydrogens is 430 g/mol. The summed E-state index contributed by atoms with van der Waals surface area (Å²) in [6.45, 7) is 8.12. The van der Waals surface area contributed by atoms with Crippen LogP contribution in [0.25, 0.3) is 5.65 Å². The van der Waals surface area contributed by atoms with E-state index in [1.165, 1.54) is 0 Å². The average Bonchev–Trinajstić information content (AvgIpc) is 3.45. The fourth-order valence-electron chi connectivity index (χ4n) is 4.65. The Morgan fingerprint density at radius 1 is 1.21 bits per heavy atom. The summed E-state index contributed by atoms with van der Waals surface area (Å²) in [5, 5.41) is 11.4. The number of carbonyl (C=O) groups is 1. The van der Waals surface area contributed by atoms with Crippen LogP contribution in [0.1, 0.15) is 62.1 Å². The Labute approximate surface area is 199 Å². The molecule has 2 aliphatic rings. The molecule has 2 fully saturated rings. The van der Waals surface area contributed by atoms with Crippen molar-refractivity contribution in [3.05, 3.63) is 47.2 Å². The molecule has 5 rings (SSSR count). The highest BCUT2D eigenvalue weighted by molar-refractivity contribution is 5.78. The molecular formula is C25H33N7O2. The number of nitrogens with one attached hydrogen (secondary N) is 2. The summed E-state index contributed by atoms with van der Waals surface area (Å²) < 4.78 is 7.93. The van der Waals surface area contributed by atoms with E-state index >= 15 is 0 Å². The molecule has 0 saturated carbocycles. The number of aromatic nitrogens is 4. The van der Waals surface area contributed by atoms with E-state index in [0.29, 0.717) is 31.5 Å². The smallest absolute Gasteiger partial charge is 0.322 e. The van der Waals surface area contributed by atoms with Gasteiger partial charge >= 0.3 is 6.01 Å². The Kier molecular flexibility index (Phi) is 6.62. The molecule has 1 atom stereocenters. The molecule has 3 aromatic rings. The summed E-state index contributed by atoms with van der Waals surface area (Å²) in [5.74, 6) is 1.11. The molecule has 0 radical (unpaired) electrons. The molecule has 1 amide bonds. The summed E-state index contributed by atoms with van der Waals surface area (Å²) in [4.78, 5) is 23.5. The van der Waals surface area contributed by atoms with Crippen LogP contribution in [0.3, 0.4) is 0 Å². The average molecular weight is 464 g/mol. The van der Waals surface area contributed by atoms with Crippen LogP contribution in [0.5, 0.6) is 6.01 Å². The highest BCUT2D eigenvalue weighted by atomic mass is 16.5. The number of likely N-dealkylation sites (tertiary alicyclic amines) is 1. The van der Waals surface area contributed by atoms with E-state index in [0.717, 1.165) is 61.2 Å². The number of anilines is 1. The Morgan fingerprint density at radius 2 is 2.06 bits per heavy atom. The predicted molar refractivity (Wildman–Crippen MR) is 130 cm³/mol. The number of ether oxygens (including phenoxy) is 1. The van der Waals surface area contributed by atoms with Crippen molar-refractivity contribution in [1.29, 1.82) is 0 Å². The third kappa shape index (κ3) is 4.84. The van der Waals surface area contributed by atoms with Gasteiger partial charge in [-0.15, -0.1) is 0 Å². The summed E-state index contributed by atoms with van der Waals surface area (Å²) in [6.07, 6.45) is 5.58. The number of piperidine rings is 1. The van der Waals surface area contributed by atoms with Gasteiger partial charge in [0.05, 0.1) is 6.20 Å². The van der Waals surface area contributed by atoms with Gasteiger partial charge in [0.2, 0.25) is 11.9 Å². The van der Waals surface area contributed by atoms with Crippen LogP contribution in [-0.4, -0.2) is 56.1 Å². The lowest BCUT2D eigenvalue weighted by molar-refractivity contribution is -0.128. The van der Waals surface area contributed by atoms with E-state index in [4.69, 9.17) is 14.7 Å². The van der Waals surface area contributed by atoms with E-state index in [9.17, 15) is 4.79 Å². The maximum atomic E-state index is 12.1. The summed E-state index contributed by atoms with van der Waals surface area (Å²) in [6, 6.07) is 8.61. The molecule has 9 nitrogen and oxygen atoms in total.